The van der Waals surface area contributed by atoms with Crippen molar-refractivity contribution in [3.05, 3.63) is 53.7 Å². The van der Waals surface area contributed by atoms with Crippen molar-refractivity contribution in [1.82, 2.24) is 24.5 Å². The second kappa shape index (κ2) is 7.72. The molecule has 0 saturated heterocycles. The van der Waals surface area contributed by atoms with Crippen LogP contribution in [0.2, 0.25) is 0 Å². The molecule has 0 bridgehead atoms. The SMILES string of the molecule is Cc1ccc(C)n1CCC(=O)N[C@H](CC(C)C)c1nnc2ccccn12. The maximum atomic E-state index is 12.6. The molecule has 3 aromatic heterocycles. The molecular weight excluding hydrogens is 326 g/mol. The van der Waals surface area contributed by atoms with Crippen molar-refractivity contribution in [3.8, 4) is 0 Å². The van der Waals surface area contributed by atoms with Gasteiger partial charge in [-0.05, 0) is 50.5 Å². The third kappa shape index (κ3) is 3.95. The third-order valence-electron chi connectivity index (χ3n) is 4.67. The van der Waals surface area contributed by atoms with Crippen molar-refractivity contribution in [3.63, 3.8) is 0 Å². The number of fused-ring (bicyclic) bond motifs is 1. The van der Waals surface area contributed by atoms with Gasteiger partial charge < -0.3 is 9.88 Å². The van der Waals surface area contributed by atoms with Gasteiger partial charge in [0.2, 0.25) is 5.91 Å². The zero-order valence-electron chi connectivity index (χ0n) is 15.9. The van der Waals surface area contributed by atoms with Crippen molar-refractivity contribution in [2.24, 2.45) is 5.92 Å². The first-order chi connectivity index (χ1) is 12.5. The molecule has 1 atom stereocenters. The highest BCUT2D eigenvalue weighted by Crippen LogP contribution is 2.21. The Morgan fingerprint density at radius 1 is 1.12 bits per heavy atom. The highest BCUT2D eigenvalue weighted by Gasteiger charge is 2.21. The minimum atomic E-state index is -0.147. The zero-order chi connectivity index (χ0) is 18.7. The molecule has 3 rings (SSSR count). The molecule has 1 amide bonds. The Balaban J connectivity index is 1.73. The first-order valence-electron chi connectivity index (χ1n) is 9.17. The van der Waals surface area contributed by atoms with Crippen LogP contribution in [0.1, 0.15) is 49.9 Å². The largest absolute Gasteiger partial charge is 0.349 e. The van der Waals surface area contributed by atoms with Gasteiger partial charge >= 0.3 is 0 Å². The number of carbonyl (C=O) groups excluding carboxylic acids is 1. The molecule has 0 spiro atoms. The molecule has 0 unspecified atom stereocenters. The van der Waals surface area contributed by atoms with Crippen LogP contribution >= 0.6 is 0 Å². The summed E-state index contributed by atoms with van der Waals surface area (Å²) in [5, 5.41) is 11.7. The van der Waals surface area contributed by atoms with Crippen LogP contribution in [-0.2, 0) is 11.3 Å². The van der Waals surface area contributed by atoms with E-state index in [4.69, 9.17) is 0 Å². The van der Waals surface area contributed by atoms with Crippen molar-refractivity contribution < 1.29 is 4.79 Å². The van der Waals surface area contributed by atoms with Gasteiger partial charge in [-0.1, -0.05) is 19.9 Å². The summed E-state index contributed by atoms with van der Waals surface area (Å²) < 4.78 is 4.12. The Bertz CT molecular complexity index is 873. The van der Waals surface area contributed by atoms with Gasteiger partial charge in [-0.3, -0.25) is 9.20 Å². The zero-order valence-corrected chi connectivity index (χ0v) is 15.9. The molecule has 3 aromatic rings. The molecule has 0 saturated carbocycles. The lowest BCUT2D eigenvalue weighted by Gasteiger charge is -2.19. The van der Waals surface area contributed by atoms with Crippen LogP contribution in [-0.4, -0.2) is 25.1 Å². The molecule has 0 aliphatic carbocycles. The first-order valence-corrected chi connectivity index (χ1v) is 9.17. The fraction of sp³-hybridized carbons (Fsp3) is 0.450. The number of nitrogens with one attached hydrogen (secondary N) is 1. The Morgan fingerprint density at radius 3 is 2.54 bits per heavy atom. The van der Waals surface area contributed by atoms with Gasteiger partial charge in [0.15, 0.2) is 11.5 Å². The van der Waals surface area contributed by atoms with Crippen molar-refractivity contribution >= 4 is 11.6 Å². The third-order valence-corrected chi connectivity index (χ3v) is 4.67. The molecule has 6 nitrogen and oxygen atoms in total. The lowest BCUT2D eigenvalue weighted by atomic mass is 10.0. The molecule has 0 aliphatic heterocycles. The van der Waals surface area contributed by atoms with E-state index in [0.717, 1.165) is 17.9 Å². The van der Waals surface area contributed by atoms with E-state index in [1.54, 1.807) is 0 Å². The molecule has 0 aliphatic rings. The van der Waals surface area contributed by atoms with E-state index in [9.17, 15) is 4.79 Å². The first kappa shape index (κ1) is 18.2. The predicted molar refractivity (Wildman–Crippen MR) is 102 cm³/mol. The average Bonchev–Trinajstić information content (AvgIpc) is 3.16. The highest BCUT2D eigenvalue weighted by molar-refractivity contribution is 5.76. The molecular formula is C20H27N5O. The van der Waals surface area contributed by atoms with Crippen molar-refractivity contribution in [1.29, 1.82) is 0 Å². The fourth-order valence-corrected chi connectivity index (χ4v) is 3.33. The maximum absolute atomic E-state index is 12.6. The summed E-state index contributed by atoms with van der Waals surface area (Å²) >= 11 is 0. The number of aromatic nitrogens is 4. The lowest BCUT2D eigenvalue weighted by molar-refractivity contribution is -0.122. The van der Waals surface area contributed by atoms with E-state index in [0.29, 0.717) is 18.9 Å². The Morgan fingerprint density at radius 2 is 1.85 bits per heavy atom. The Kier molecular flexibility index (Phi) is 5.40. The Hall–Kier alpha value is -2.63. The number of pyridine rings is 1. The molecule has 3 heterocycles. The summed E-state index contributed by atoms with van der Waals surface area (Å²) in [7, 11) is 0. The normalized spacial score (nSPS) is 12.7. The van der Waals surface area contributed by atoms with Crippen LogP contribution in [0, 0.1) is 19.8 Å². The standard InChI is InChI=1S/C20H27N5O/c1-14(2)13-17(20-23-22-18-7-5-6-11-25(18)20)21-19(26)10-12-24-15(3)8-9-16(24)4/h5-9,11,14,17H,10,12-13H2,1-4H3,(H,21,26)/t17-/m1/s1. The van der Waals surface area contributed by atoms with Crippen molar-refractivity contribution in [2.75, 3.05) is 0 Å². The second-order valence-electron chi connectivity index (χ2n) is 7.25. The minimum Gasteiger partial charge on any atom is -0.349 e. The van der Waals surface area contributed by atoms with Crippen molar-refractivity contribution in [2.45, 2.75) is 53.1 Å². The molecule has 6 heteroatoms. The van der Waals surface area contributed by atoms with Crippen LogP contribution in [0.3, 0.4) is 0 Å². The summed E-state index contributed by atoms with van der Waals surface area (Å²) in [6.45, 7) is 9.11. The van der Waals surface area contributed by atoms with Crippen LogP contribution < -0.4 is 5.32 Å². The average molecular weight is 353 g/mol. The van der Waals surface area contributed by atoms with Gasteiger partial charge in [-0.2, -0.15) is 0 Å². The quantitative estimate of drug-likeness (QED) is 0.708. The maximum Gasteiger partial charge on any atom is 0.222 e. The fourth-order valence-electron chi connectivity index (χ4n) is 3.33. The van der Waals surface area contributed by atoms with E-state index in [-0.39, 0.29) is 11.9 Å². The van der Waals surface area contributed by atoms with Gasteiger partial charge in [-0.25, -0.2) is 0 Å². The van der Waals surface area contributed by atoms with Crippen LogP contribution in [0.25, 0.3) is 5.65 Å². The summed E-state index contributed by atoms with van der Waals surface area (Å²) in [4.78, 5) is 12.6. The van der Waals surface area contributed by atoms with E-state index in [2.05, 4.69) is 59.9 Å². The van der Waals surface area contributed by atoms with Gasteiger partial charge in [0, 0.05) is 30.6 Å². The van der Waals surface area contributed by atoms with Gasteiger partial charge in [0.25, 0.3) is 0 Å². The summed E-state index contributed by atoms with van der Waals surface area (Å²) in [5.74, 6) is 1.26. The van der Waals surface area contributed by atoms with Crippen LogP contribution in [0.4, 0.5) is 0 Å². The van der Waals surface area contributed by atoms with E-state index in [1.165, 1.54) is 11.4 Å². The highest BCUT2D eigenvalue weighted by atomic mass is 16.1. The topological polar surface area (TPSA) is 64.2 Å². The molecule has 138 valence electrons. The number of nitrogens with zero attached hydrogens (tertiary/aromatic N) is 4. The number of hydrogen-bond donors (Lipinski definition) is 1. The number of hydrogen-bond acceptors (Lipinski definition) is 3. The van der Waals surface area contributed by atoms with Crippen LogP contribution in [0.5, 0.6) is 0 Å². The summed E-state index contributed by atoms with van der Waals surface area (Å²) in [6, 6.07) is 9.82. The smallest absolute Gasteiger partial charge is 0.222 e. The second-order valence-corrected chi connectivity index (χ2v) is 7.25. The number of amides is 1. The summed E-state index contributed by atoms with van der Waals surface area (Å²) in [5.41, 5.74) is 3.15. The molecule has 26 heavy (non-hydrogen) atoms. The number of carbonyl (C=O) groups is 1. The minimum absolute atomic E-state index is 0.0378. The monoisotopic (exact) mass is 353 g/mol. The molecule has 0 fully saturated rings. The molecule has 0 radical (unpaired) electrons. The summed E-state index contributed by atoms with van der Waals surface area (Å²) in [6.07, 6.45) is 3.21. The van der Waals surface area contributed by atoms with Gasteiger partial charge in [0.05, 0.1) is 6.04 Å². The molecule has 0 aromatic carbocycles. The van der Waals surface area contributed by atoms with Gasteiger partial charge in [-0.15, -0.1) is 10.2 Å². The van der Waals surface area contributed by atoms with E-state index < -0.39 is 0 Å². The number of rotatable bonds is 7. The van der Waals surface area contributed by atoms with E-state index >= 15 is 0 Å². The predicted octanol–water partition coefficient (Wildman–Crippen LogP) is 3.44. The number of aryl methyl sites for hydroxylation is 2. The van der Waals surface area contributed by atoms with E-state index in [1.807, 2.05) is 28.8 Å². The Labute approximate surface area is 154 Å². The molecule has 1 N–H and O–H groups in total. The van der Waals surface area contributed by atoms with Gasteiger partial charge in [0.1, 0.15) is 0 Å². The lowest BCUT2D eigenvalue weighted by Crippen LogP contribution is -2.31. The van der Waals surface area contributed by atoms with Crippen LogP contribution in [0.15, 0.2) is 36.5 Å².